The first kappa shape index (κ1) is 13.4. The minimum atomic E-state index is -0.614. The van der Waals surface area contributed by atoms with Crippen LogP contribution < -0.4 is 15.2 Å². The number of methoxy groups -OCH3 is 2. The largest absolute Gasteiger partial charge is 0.493 e. The van der Waals surface area contributed by atoms with Gasteiger partial charge in [-0.25, -0.2) is 4.39 Å². The van der Waals surface area contributed by atoms with Crippen molar-refractivity contribution in [2.24, 2.45) is 5.73 Å². The van der Waals surface area contributed by atoms with Gasteiger partial charge in [0.05, 0.1) is 26.5 Å². The zero-order chi connectivity index (χ0) is 14.0. The summed E-state index contributed by atoms with van der Waals surface area (Å²) in [5.74, 6) is 1.06. The van der Waals surface area contributed by atoms with Crippen molar-refractivity contribution in [1.82, 2.24) is 0 Å². The molecule has 0 saturated heterocycles. The van der Waals surface area contributed by atoms with Gasteiger partial charge in [0.25, 0.3) is 0 Å². The molecule has 0 amide bonds. The SMILES string of the molecule is COc1cc(F)c(C(N)c2coc(C)c2)cc1OC. The fraction of sp³-hybridized carbons (Fsp3) is 0.286. The van der Waals surface area contributed by atoms with E-state index in [1.165, 1.54) is 26.5 Å². The summed E-state index contributed by atoms with van der Waals surface area (Å²) in [6.45, 7) is 1.81. The molecule has 0 spiro atoms. The van der Waals surface area contributed by atoms with Crippen LogP contribution in [0.25, 0.3) is 0 Å². The molecule has 1 aromatic heterocycles. The van der Waals surface area contributed by atoms with Crippen molar-refractivity contribution in [3.63, 3.8) is 0 Å². The van der Waals surface area contributed by atoms with E-state index in [1.54, 1.807) is 19.1 Å². The molecule has 5 heteroatoms. The van der Waals surface area contributed by atoms with E-state index in [9.17, 15) is 4.39 Å². The Balaban J connectivity index is 2.44. The highest BCUT2D eigenvalue weighted by Crippen LogP contribution is 2.34. The molecule has 0 aliphatic heterocycles. The van der Waals surface area contributed by atoms with Crippen molar-refractivity contribution in [2.45, 2.75) is 13.0 Å². The summed E-state index contributed by atoms with van der Waals surface area (Å²) in [5.41, 5.74) is 7.09. The smallest absolute Gasteiger partial charge is 0.163 e. The Morgan fingerprint density at radius 2 is 1.79 bits per heavy atom. The Labute approximate surface area is 110 Å². The lowest BCUT2D eigenvalue weighted by Gasteiger charge is -2.15. The van der Waals surface area contributed by atoms with Crippen molar-refractivity contribution in [3.8, 4) is 11.5 Å². The van der Waals surface area contributed by atoms with E-state index in [-0.39, 0.29) is 0 Å². The van der Waals surface area contributed by atoms with Crippen LogP contribution in [0.3, 0.4) is 0 Å². The first-order valence-corrected chi connectivity index (χ1v) is 5.78. The monoisotopic (exact) mass is 265 g/mol. The Morgan fingerprint density at radius 1 is 1.16 bits per heavy atom. The van der Waals surface area contributed by atoms with Crippen LogP contribution in [0.1, 0.15) is 22.9 Å². The minimum absolute atomic E-state index is 0.332. The van der Waals surface area contributed by atoms with Crippen molar-refractivity contribution in [2.75, 3.05) is 14.2 Å². The van der Waals surface area contributed by atoms with Crippen LogP contribution in [0.5, 0.6) is 11.5 Å². The normalized spacial score (nSPS) is 12.3. The first-order chi connectivity index (χ1) is 9.06. The summed E-state index contributed by atoms with van der Waals surface area (Å²) in [6, 6.07) is 3.97. The van der Waals surface area contributed by atoms with Crippen molar-refractivity contribution in [1.29, 1.82) is 0 Å². The van der Waals surface area contributed by atoms with Gasteiger partial charge >= 0.3 is 0 Å². The quantitative estimate of drug-likeness (QED) is 0.923. The molecule has 4 nitrogen and oxygen atoms in total. The zero-order valence-corrected chi connectivity index (χ0v) is 11.1. The third-order valence-electron chi connectivity index (χ3n) is 2.95. The fourth-order valence-corrected chi connectivity index (χ4v) is 1.91. The third kappa shape index (κ3) is 2.56. The number of benzene rings is 1. The van der Waals surface area contributed by atoms with E-state index in [0.717, 1.165) is 5.76 Å². The molecule has 1 atom stereocenters. The van der Waals surface area contributed by atoms with Crippen molar-refractivity contribution < 1.29 is 18.3 Å². The fourth-order valence-electron chi connectivity index (χ4n) is 1.91. The average molecular weight is 265 g/mol. The van der Waals surface area contributed by atoms with Crippen LogP contribution in [0.4, 0.5) is 4.39 Å². The maximum absolute atomic E-state index is 14.1. The zero-order valence-electron chi connectivity index (χ0n) is 11.1. The van der Waals surface area contributed by atoms with Gasteiger partial charge in [-0.05, 0) is 19.1 Å². The molecule has 0 saturated carbocycles. The van der Waals surface area contributed by atoms with Crippen LogP contribution in [0.2, 0.25) is 0 Å². The first-order valence-electron chi connectivity index (χ1n) is 5.78. The van der Waals surface area contributed by atoms with Gasteiger partial charge in [-0.15, -0.1) is 0 Å². The van der Waals surface area contributed by atoms with Gasteiger partial charge < -0.3 is 19.6 Å². The van der Waals surface area contributed by atoms with Crippen LogP contribution >= 0.6 is 0 Å². The maximum atomic E-state index is 14.1. The topological polar surface area (TPSA) is 57.6 Å². The van der Waals surface area contributed by atoms with E-state index >= 15 is 0 Å². The highest BCUT2D eigenvalue weighted by molar-refractivity contribution is 5.46. The van der Waals surface area contributed by atoms with Crippen LogP contribution in [-0.2, 0) is 0 Å². The van der Waals surface area contributed by atoms with Gasteiger partial charge in [0, 0.05) is 17.2 Å². The van der Waals surface area contributed by atoms with E-state index in [0.29, 0.717) is 22.6 Å². The lowest BCUT2D eigenvalue weighted by Crippen LogP contribution is -2.13. The molecule has 2 N–H and O–H groups in total. The lowest BCUT2D eigenvalue weighted by molar-refractivity contribution is 0.351. The van der Waals surface area contributed by atoms with Gasteiger partial charge in [-0.2, -0.15) is 0 Å². The Hall–Kier alpha value is -2.01. The molecule has 1 aromatic carbocycles. The highest BCUT2D eigenvalue weighted by atomic mass is 19.1. The molecule has 19 heavy (non-hydrogen) atoms. The number of rotatable bonds is 4. The molecule has 1 unspecified atom stereocenters. The lowest BCUT2D eigenvalue weighted by atomic mass is 10.0. The number of halogens is 1. The van der Waals surface area contributed by atoms with E-state index in [1.807, 2.05) is 0 Å². The predicted molar refractivity (Wildman–Crippen MR) is 69.0 cm³/mol. The second-order valence-electron chi connectivity index (χ2n) is 4.20. The number of hydrogen-bond acceptors (Lipinski definition) is 4. The standard InChI is InChI=1S/C14H16FNO3/c1-8-4-9(7-19-8)14(16)10-5-12(17-2)13(18-3)6-11(10)15/h4-7,14H,16H2,1-3H3. The Morgan fingerprint density at radius 3 is 2.32 bits per heavy atom. The van der Waals surface area contributed by atoms with Crippen LogP contribution in [0, 0.1) is 12.7 Å². The maximum Gasteiger partial charge on any atom is 0.163 e. The van der Waals surface area contributed by atoms with Crippen LogP contribution in [0.15, 0.2) is 28.9 Å². The number of ether oxygens (including phenoxy) is 2. The summed E-state index contributed by atoms with van der Waals surface area (Å²) < 4.78 is 29.4. The van der Waals surface area contributed by atoms with E-state index < -0.39 is 11.9 Å². The number of furan rings is 1. The molecule has 0 fully saturated rings. The molecular weight excluding hydrogens is 249 g/mol. The highest BCUT2D eigenvalue weighted by Gasteiger charge is 2.19. The van der Waals surface area contributed by atoms with Gasteiger partial charge in [-0.3, -0.25) is 0 Å². The Bertz CT molecular complexity index is 580. The summed E-state index contributed by atoms with van der Waals surface area (Å²) in [4.78, 5) is 0. The molecule has 2 rings (SSSR count). The van der Waals surface area contributed by atoms with E-state index in [2.05, 4.69) is 0 Å². The molecule has 102 valence electrons. The van der Waals surface area contributed by atoms with Gasteiger partial charge in [0.2, 0.25) is 0 Å². The second kappa shape index (κ2) is 5.32. The molecule has 0 radical (unpaired) electrons. The molecule has 0 aliphatic carbocycles. The van der Waals surface area contributed by atoms with Crippen molar-refractivity contribution in [3.05, 3.63) is 47.2 Å². The molecule has 0 aliphatic rings. The molecule has 1 heterocycles. The van der Waals surface area contributed by atoms with Crippen molar-refractivity contribution >= 4 is 0 Å². The second-order valence-corrected chi connectivity index (χ2v) is 4.20. The summed E-state index contributed by atoms with van der Waals surface area (Å²) in [7, 11) is 2.95. The average Bonchev–Trinajstić information content (AvgIpc) is 2.84. The van der Waals surface area contributed by atoms with Gasteiger partial charge in [0.15, 0.2) is 11.5 Å². The number of nitrogens with two attached hydrogens (primary N) is 1. The van der Waals surface area contributed by atoms with Gasteiger partial charge in [0.1, 0.15) is 11.6 Å². The number of hydrogen-bond donors (Lipinski definition) is 1. The number of aryl methyl sites for hydroxylation is 1. The van der Waals surface area contributed by atoms with Crippen LogP contribution in [-0.4, -0.2) is 14.2 Å². The summed E-state index contributed by atoms with van der Waals surface area (Å²) in [5, 5.41) is 0. The summed E-state index contributed by atoms with van der Waals surface area (Å²) >= 11 is 0. The predicted octanol–water partition coefficient (Wildman–Crippen LogP) is 2.79. The Kier molecular flexibility index (Phi) is 3.76. The van der Waals surface area contributed by atoms with E-state index in [4.69, 9.17) is 19.6 Å². The minimum Gasteiger partial charge on any atom is -0.493 e. The van der Waals surface area contributed by atoms with Gasteiger partial charge in [-0.1, -0.05) is 0 Å². The molecule has 0 bridgehead atoms. The molecular formula is C14H16FNO3. The third-order valence-corrected chi connectivity index (χ3v) is 2.95. The summed E-state index contributed by atoms with van der Waals surface area (Å²) in [6.07, 6.45) is 1.52. The molecule has 2 aromatic rings.